The van der Waals surface area contributed by atoms with Gasteiger partial charge in [0.25, 0.3) is 5.76 Å². The molecule has 14 heavy (non-hydrogen) atoms. The van der Waals surface area contributed by atoms with Crippen LogP contribution in [0.4, 0.5) is 8.78 Å². The van der Waals surface area contributed by atoms with E-state index in [1.54, 1.807) is 0 Å². The molecule has 0 saturated carbocycles. The Balaban J connectivity index is 2.51. The predicted molar refractivity (Wildman–Crippen MR) is 54.9 cm³/mol. The summed E-state index contributed by atoms with van der Waals surface area (Å²) in [6, 6.07) is 7.60. The van der Waals surface area contributed by atoms with Gasteiger partial charge in [-0.25, -0.2) is 0 Å². The van der Waals surface area contributed by atoms with Crippen LogP contribution in [0.3, 0.4) is 0 Å². The second-order valence-electron chi connectivity index (χ2n) is 3.00. The first kappa shape index (κ1) is 9.52. The van der Waals surface area contributed by atoms with Crippen LogP contribution in [-0.2, 0) is 0 Å². The molecule has 1 N–H and O–H groups in total. The van der Waals surface area contributed by atoms with Crippen LogP contribution < -0.4 is 0 Å². The molecule has 0 unspecified atom stereocenters. The maximum absolute atomic E-state index is 12.2. The summed E-state index contributed by atoms with van der Waals surface area (Å²) in [5.74, 6) is -2.37. The summed E-state index contributed by atoms with van der Waals surface area (Å²) in [5, 5.41) is 1.57. The van der Waals surface area contributed by atoms with Crippen molar-refractivity contribution in [1.29, 1.82) is 0 Å². The number of aromatic nitrogens is 1. The fourth-order valence-electron chi connectivity index (χ4n) is 1.46. The molecule has 0 spiro atoms. The summed E-state index contributed by atoms with van der Waals surface area (Å²) >= 11 is 0.562. The zero-order valence-electron chi connectivity index (χ0n) is 7.55. The third-order valence-corrected chi connectivity index (χ3v) is 2.95. The van der Waals surface area contributed by atoms with Gasteiger partial charge in [0.05, 0.1) is 5.03 Å². The molecule has 1 nitrogen and oxygen atoms in total. The van der Waals surface area contributed by atoms with E-state index in [-0.39, 0.29) is 0 Å². The first-order valence-electron chi connectivity index (χ1n) is 4.20. The number of benzene rings is 1. The number of fused-ring (bicyclic) bond motifs is 1. The summed E-state index contributed by atoms with van der Waals surface area (Å²) in [6.45, 7) is 1.85. The first-order valence-corrected chi connectivity index (χ1v) is 5.08. The van der Waals surface area contributed by atoms with Gasteiger partial charge in [-0.1, -0.05) is 18.2 Å². The molecule has 0 aliphatic rings. The van der Waals surface area contributed by atoms with Crippen LogP contribution in [0.25, 0.3) is 10.9 Å². The van der Waals surface area contributed by atoms with Crippen LogP contribution in [0.1, 0.15) is 5.56 Å². The molecule has 0 aliphatic carbocycles. The van der Waals surface area contributed by atoms with Crippen molar-refractivity contribution in [2.75, 3.05) is 0 Å². The normalized spacial score (nSPS) is 11.4. The second-order valence-corrected chi connectivity index (χ2v) is 4.00. The Morgan fingerprint density at radius 1 is 1.29 bits per heavy atom. The second kappa shape index (κ2) is 3.61. The highest BCUT2D eigenvalue weighted by molar-refractivity contribution is 7.99. The maximum Gasteiger partial charge on any atom is 0.290 e. The number of thioether (sulfide) groups is 1. The van der Waals surface area contributed by atoms with Gasteiger partial charge in [-0.05, 0) is 30.3 Å². The minimum atomic E-state index is -2.37. The maximum atomic E-state index is 12.2. The highest BCUT2D eigenvalue weighted by Gasteiger charge is 2.12. The molecule has 0 bridgehead atoms. The number of para-hydroxylation sites is 1. The minimum Gasteiger partial charge on any atom is -0.349 e. The number of aryl methyl sites for hydroxylation is 1. The lowest BCUT2D eigenvalue weighted by Gasteiger charge is -1.96. The molecule has 2 aromatic rings. The summed E-state index contributed by atoms with van der Waals surface area (Å²) in [6.07, 6.45) is 0. The molecule has 0 saturated heterocycles. The Hall–Kier alpha value is -1.03. The summed E-state index contributed by atoms with van der Waals surface area (Å²) in [5.41, 5.74) is 1.80. The number of hydrogen-bond donors (Lipinski definition) is 1. The summed E-state index contributed by atoms with van der Waals surface area (Å²) < 4.78 is 24.3. The number of aromatic amines is 1. The van der Waals surface area contributed by atoms with Crippen molar-refractivity contribution < 1.29 is 8.78 Å². The van der Waals surface area contributed by atoms with Crippen molar-refractivity contribution in [3.63, 3.8) is 0 Å². The molecule has 1 heterocycles. The topological polar surface area (TPSA) is 15.8 Å². The number of nitrogens with one attached hydrogen (secondary N) is 1. The zero-order valence-corrected chi connectivity index (χ0v) is 8.37. The monoisotopic (exact) mass is 213 g/mol. The van der Waals surface area contributed by atoms with E-state index in [4.69, 9.17) is 0 Å². The Kier molecular flexibility index (Phi) is 2.46. The molecule has 74 valence electrons. The number of alkyl halides is 2. The molecule has 0 amide bonds. The van der Waals surface area contributed by atoms with E-state index < -0.39 is 5.76 Å². The average Bonchev–Trinajstić information content (AvgIpc) is 2.44. The molecule has 2 rings (SSSR count). The van der Waals surface area contributed by atoms with E-state index in [0.29, 0.717) is 16.8 Å². The quantitative estimate of drug-likeness (QED) is 0.750. The van der Waals surface area contributed by atoms with Crippen molar-refractivity contribution in [3.8, 4) is 0 Å². The number of halogens is 2. The SMILES string of the molecule is Cc1c(SC(F)F)[nH]c2ccccc12. The van der Waals surface area contributed by atoms with E-state index in [0.717, 1.165) is 16.5 Å². The molecular formula is C10H9F2NS. The molecule has 1 aromatic carbocycles. The summed E-state index contributed by atoms with van der Waals surface area (Å²) in [4.78, 5) is 2.98. The van der Waals surface area contributed by atoms with E-state index in [9.17, 15) is 8.78 Å². The zero-order chi connectivity index (χ0) is 10.1. The Bertz CT molecular complexity index is 450. The van der Waals surface area contributed by atoms with Crippen LogP contribution in [-0.4, -0.2) is 10.7 Å². The molecule has 4 heteroatoms. The smallest absolute Gasteiger partial charge is 0.290 e. The highest BCUT2D eigenvalue weighted by Crippen LogP contribution is 2.32. The van der Waals surface area contributed by atoms with Crippen molar-refractivity contribution in [2.24, 2.45) is 0 Å². The molecule has 1 aromatic heterocycles. The lowest BCUT2D eigenvalue weighted by Crippen LogP contribution is -1.82. The van der Waals surface area contributed by atoms with Gasteiger partial charge in [-0.2, -0.15) is 8.78 Å². The summed E-state index contributed by atoms with van der Waals surface area (Å²) in [7, 11) is 0. The van der Waals surface area contributed by atoms with Gasteiger partial charge in [-0.15, -0.1) is 0 Å². The van der Waals surface area contributed by atoms with Crippen molar-refractivity contribution in [1.82, 2.24) is 4.98 Å². The van der Waals surface area contributed by atoms with Crippen LogP contribution in [0.15, 0.2) is 29.3 Å². The van der Waals surface area contributed by atoms with Gasteiger partial charge in [-0.3, -0.25) is 0 Å². The van der Waals surface area contributed by atoms with Gasteiger partial charge in [0.1, 0.15) is 0 Å². The Labute approximate surface area is 84.5 Å². The standard InChI is InChI=1S/C10H9F2NS/c1-6-7-4-2-3-5-8(7)13-9(6)14-10(11)12/h2-5,10,13H,1H3. The van der Waals surface area contributed by atoms with Crippen molar-refractivity contribution >= 4 is 22.7 Å². The predicted octanol–water partition coefficient (Wildman–Crippen LogP) is 3.79. The van der Waals surface area contributed by atoms with Gasteiger partial charge in [0, 0.05) is 10.9 Å². The van der Waals surface area contributed by atoms with Crippen LogP contribution in [0.2, 0.25) is 0 Å². The first-order chi connectivity index (χ1) is 6.68. The van der Waals surface area contributed by atoms with Gasteiger partial charge in [0.15, 0.2) is 0 Å². The highest BCUT2D eigenvalue weighted by atomic mass is 32.2. The molecular weight excluding hydrogens is 204 g/mol. The lowest BCUT2D eigenvalue weighted by atomic mass is 10.2. The van der Waals surface area contributed by atoms with E-state index in [2.05, 4.69) is 4.98 Å². The lowest BCUT2D eigenvalue weighted by molar-refractivity contribution is 0.252. The van der Waals surface area contributed by atoms with Gasteiger partial charge in [0.2, 0.25) is 0 Å². The molecule has 0 aliphatic heterocycles. The largest absolute Gasteiger partial charge is 0.349 e. The van der Waals surface area contributed by atoms with E-state index >= 15 is 0 Å². The number of H-pyrrole nitrogens is 1. The van der Waals surface area contributed by atoms with E-state index in [1.807, 2.05) is 31.2 Å². The Morgan fingerprint density at radius 3 is 2.64 bits per heavy atom. The third kappa shape index (κ3) is 1.62. The molecule has 0 radical (unpaired) electrons. The Morgan fingerprint density at radius 2 is 2.00 bits per heavy atom. The van der Waals surface area contributed by atoms with Gasteiger partial charge >= 0.3 is 0 Å². The fraction of sp³-hybridized carbons (Fsp3) is 0.200. The fourth-order valence-corrected chi connectivity index (χ4v) is 2.10. The number of hydrogen-bond acceptors (Lipinski definition) is 1. The molecule has 0 fully saturated rings. The van der Waals surface area contributed by atoms with Crippen LogP contribution in [0.5, 0.6) is 0 Å². The van der Waals surface area contributed by atoms with Crippen molar-refractivity contribution in [2.45, 2.75) is 17.7 Å². The number of rotatable bonds is 2. The molecule has 0 atom stereocenters. The minimum absolute atomic E-state index is 0.557. The average molecular weight is 213 g/mol. The third-order valence-electron chi connectivity index (χ3n) is 2.13. The van der Waals surface area contributed by atoms with E-state index in [1.165, 1.54) is 0 Å². The van der Waals surface area contributed by atoms with Gasteiger partial charge < -0.3 is 4.98 Å². The van der Waals surface area contributed by atoms with Crippen molar-refractivity contribution in [3.05, 3.63) is 29.8 Å². The van der Waals surface area contributed by atoms with Crippen LogP contribution in [0, 0.1) is 6.92 Å². The van der Waals surface area contributed by atoms with Crippen LogP contribution >= 0.6 is 11.8 Å².